The third kappa shape index (κ3) is 4.25. The van der Waals surface area contributed by atoms with Crippen LogP contribution in [0.2, 0.25) is 0 Å². The fourth-order valence-corrected chi connectivity index (χ4v) is 2.51. The Bertz CT molecular complexity index is 675. The molecule has 1 amide bonds. The summed E-state index contributed by atoms with van der Waals surface area (Å²) in [6.07, 6.45) is 1.07. The van der Waals surface area contributed by atoms with Gasteiger partial charge in [0.15, 0.2) is 11.5 Å². The van der Waals surface area contributed by atoms with Gasteiger partial charge in [0.05, 0.1) is 14.2 Å². The zero-order valence-corrected chi connectivity index (χ0v) is 14.1. The van der Waals surface area contributed by atoms with Crippen molar-refractivity contribution in [1.82, 2.24) is 0 Å². The van der Waals surface area contributed by atoms with Crippen molar-refractivity contribution < 1.29 is 14.3 Å². The first-order valence-corrected chi connectivity index (χ1v) is 7.62. The number of methoxy groups -OCH3 is 2. The molecule has 4 heteroatoms. The van der Waals surface area contributed by atoms with Crippen molar-refractivity contribution in [3.05, 3.63) is 53.1 Å². The van der Waals surface area contributed by atoms with E-state index in [1.165, 1.54) is 0 Å². The summed E-state index contributed by atoms with van der Waals surface area (Å²) in [6.45, 7) is 3.99. The summed E-state index contributed by atoms with van der Waals surface area (Å²) >= 11 is 0. The van der Waals surface area contributed by atoms with Crippen LogP contribution in [0, 0.1) is 13.8 Å². The number of para-hydroxylation sites is 1. The number of aryl methyl sites for hydroxylation is 3. The molecule has 0 atom stereocenters. The Morgan fingerprint density at radius 1 is 1.00 bits per heavy atom. The van der Waals surface area contributed by atoms with E-state index in [9.17, 15) is 4.79 Å². The molecule has 2 aromatic rings. The number of amides is 1. The number of ether oxygens (including phenoxy) is 2. The van der Waals surface area contributed by atoms with Crippen LogP contribution in [0.25, 0.3) is 0 Å². The van der Waals surface area contributed by atoms with Gasteiger partial charge in [-0.1, -0.05) is 24.3 Å². The maximum atomic E-state index is 12.2. The van der Waals surface area contributed by atoms with Gasteiger partial charge in [-0.15, -0.1) is 0 Å². The summed E-state index contributed by atoms with van der Waals surface area (Å²) < 4.78 is 10.5. The number of hydrogen-bond acceptors (Lipinski definition) is 3. The van der Waals surface area contributed by atoms with E-state index in [0.29, 0.717) is 24.3 Å². The van der Waals surface area contributed by atoms with Crippen molar-refractivity contribution in [2.24, 2.45) is 0 Å². The van der Waals surface area contributed by atoms with E-state index in [-0.39, 0.29) is 5.91 Å². The predicted octanol–water partition coefficient (Wildman–Crippen LogP) is 3.89. The standard InChI is InChI=1S/C19H23NO3/c1-13-6-5-7-14(2)19(13)20-18(21)11-9-15-8-10-16(22-3)17(12-15)23-4/h5-8,10,12H,9,11H2,1-4H3,(H,20,21). The first-order valence-electron chi connectivity index (χ1n) is 7.62. The van der Waals surface area contributed by atoms with Crippen LogP contribution < -0.4 is 14.8 Å². The molecule has 0 fully saturated rings. The zero-order valence-electron chi connectivity index (χ0n) is 14.1. The first-order chi connectivity index (χ1) is 11.0. The Hall–Kier alpha value is -2.49. The average Bonchev–Trinajstić information content (AvgIpc) is 2.56. The topological polar surface area (TPSA) is 47.6 Å². The van der Waals surface area contributed by atoms with Gasteiger partial charge in [0.1, 0.15) is 0 Å². The number of carbonyl (C=O) groups is 1. The Morgan fingerprint density at radius 3 is 2.26 bits per heavy atom. The van der Waals surface area contributed by atoms with Crippen LogP contribution in [0.1, 0.15) is 23.1 Å². The van der Waals surface area contributed by atoms with Gasteiger partial charge in [0, 0.05) is 12.1 Å². The lowest BCUT2D eigenvalue weighted by Crippen LogP contribution is -2.14. The van der Waals surface area contributed by atoms with E-state index < -0.39 is 0 Å². The van der Waals surface area contributed by atoms with Crippen molar-refractivity contribution in [2.75, 3.05) is 19.5 Å². The van der Waals surface area contributed by atoms with Gasteiger partial charge >= 0.3 is 0 Å². The summed E-state index contributed by atoms with van der Waals surface area (Å²) in [5.74, 6) is 1.38. The van der Waals surface area contributed by atoms with E-state index in [4.69, 9.17) is 9.47 Å². The minimum absolute atomic E-state index is 0.0113. The SMILES string of the molecule is COc1ccc(CCC(=O)Nc2c(C)cccc2C)cc1OC. The van der Waals surface area contributed by atoms with Crippen molar-refractivity contribution in [3.8, 4) is 11.5 Å². The van der Waals surface area contributed by atoms with Crippen molar-refractivity contribution in [1.29, 1.82) is 0 Å². The van der Waals surface area contributed by atoms with E-state index in [0.717, 1.165) is 22.4 Å². The number of anilines is 1. The van der Waals surface area contributed by atoms with Gasteiger partial charge in [-0.2, -0.15) is 0 Å². The van der Waals surface area contributed by atoms with Crippen molar-refractivity contribution >= 4 is 11.6 Å². The predicted molar refractivity (Wildman–Crippen MR) is 92.4 cm³/mol. The second-order valence-corrected chi connectivity index (χ2v) is 5.50. The molecule has 0 unspecified atom stereocenters. The molecular weight excluding hydrogens is 290 g/mol. The maximum absolute atomic E-state index is 12.2. The zero-order chi connectivity index (χ0) is 16.8. The molecule has 0 saturated heterocycles. The van der Waals surface area contributed by atoms with Crippen LogP contribution in [0.4, 0.5) is 5.69 Å². The van der Waals surface area contributed by atoms with E-state index >= 15 is 0 Å². The monoisotopic (exact) mass is 313 g/mol. The number of hydrogen-bond donors (Lipinski definition) is 1. The van der Waals surface area contributed by atoms with Gasteiger partial charge in [-0.3, -0.25) is 4.79 Å². The van der Waals surface area contributed by atoms with Crippen molar-refractivity contribution in [2.45, 2.75) is 26.7 Å². The van der Waals surface area contributed by atoms with Gasteiger partial charge in [-0.05, 0) is 49.1 Å². The molecule has 0 radical (unpaired) electrons. The molecular formula is C19H23NO3. The fourth-order valence-electron chi connectivity index (χ4n) is 2.51. The molecule has 0 aliphatic rings. The van der Waals surface area contributed by atoms with E-state index in [1.807, 2.05) is 50.2 Å². The second-order valence-electron chi connectivity index (χ2n) is 5.50. The molecule has 0 spiro atoms. The molecule has 122 valence electrons. The van der Waals surface area contributed by atoms with Crippen LogP contribution >= 0.6 is 0 Å². The van der Waals surface area contributed by atoms with Gasteiger partial charge in [0.2, 0.25) is 5.91 Å². The highest BCUT2D eigenvalue weighted by molar-refractivity contribution is 5.92. The molecule has 0 heterocycles. The third-order valence-corrected chi connectivity index (χ3v) is 3.83. The lowest BCUT2D eigenvalue weighted by atomic mass is 10.1. The Balaban J connectivity index is 1.99. The van der Waals surface area contributed by atoms with Crippen LogP contribution in [0.3, 0.4) is 0 Å². The van der Waals surface area contributed by atoms with Crippen LogP contribution in [-0.4, -0.2) is 20.1 Å². The largest absolute Gasteiger partial charge is 0.493 e. The lowest BCUT2D eigenvalue weighted by molar-refractivity contribution is -0.116. The van der Waals surface area contributed by atoms with Crippen LogP contribution in [0.15, 0.2) is 36.4 Å². The quantitative estimate of drug-likeness (QED) is 0.880. The molecule has 0 saturated carbocycles. The lowest BCUT2D eigenvalue weighted by Gasteiger charge is -2.12. The second kappa shape index (κ2) is 7.68. The number of carbonyl (C=O) groups excluding carboxylic acids is 1. The highest BCUT2D eigenvalue weighted by atomic mass is 16.5. The normalized spacial score (nSPS) is 10.3. The Kier molecular flexibility index (Phi) is 5.63. The molecule has 0 aliphatic heterocycles. The summed E-state index contributed by atoms with van der Waals surface area (Å²) in [6, 6.07) is 11.7. The third-order valence-electron chi connectivity index (χ3n) is 3.83. The number of nitrogens with one attached hydrogen (secondary N) is 1. The van der Waals surface area contributed by atoms with Gasteiger partial charge < -0.3 is 14.8 Å². The van der Waals surface area contributed by atoms with Gasteiger partial charge in [-0.25, -0.2) is 0 Å². The fraction of sp³-hybridized carbons (Fsp3) is 0.316. The van der Waals surface area contributed by atoms with Crippen LogP contribution in [0.5, 0.6) is 11.5 Å². The Morgan fingerprint density at radius 2 is 1.65 bits per heavy atom. The molecule has 0 aromatic heterocycles. The van der Waals surface area contributed by atoms with Gasteiger partial charge in [0.25, 0.3) is 0 Å². The maximum Gasteiger partial charge on any atom is 0.224 e. The molecule has 1 N–H and O–H groups in total. The number of benzene rings is 2. The highest BCUT2D eigenvalue weighted by Gasteiger charge is 2.09. The first kappa shape index (κ1) is 16.9. The summed E-state index contributed by atoms with van der Waals surface area (Å²) in [5, 5.41) is 3.01. The molecule has 2 rings (SSSR count). The molecule has 0 bridgehead atoms. The average molecular weight is 313 g/mol. The van der Waals surface area contributed by atoms with E-state index in [1.54, 1.807) is 14.2 Å². The molecule has 0 aliphatic carbocycles. The summed E-state index contributed by atoms with van der Waals surface area (Å²) in [7, 11) is 3.21. The summed E-state index contributed by atoms with van der Waals surface area (Å²) in [4.78, 5) is 12.2. The minimum atomic E-state index is 0.0113. The molecule has 4 nitrogen and oxygen atoms in total. The summed E-state index contributed by atoms with van der Waals surface area (Å²) in [5.41, 5.74) is 4.10. The Labute approximate surface area is 137 Å². The smallest absolute Gasteiger partial charge is 0.224 e. The highest BCUT2D eigenvalue weighted by Crippen LogP contribution is 2.28. The van der Waals surface area contributed by atoms with E-state index in [2.05, 4.69) is 5.32 Å². The van der Waals surface area contributed by atoms with Crippen molar-refractivity contribution in [3.63, 3.8) is 0 Å². The molecule has 23 heavy (non-hydrogen) atoms. The molecule has 2 aromatic carbocycles. The minimum Gasteiger partial charge on any atom is -0.493 e. The van der Waals surface area contributed by atoms with Crippen LogP contribution in [-0.2, 0) is 11.2 Å². The number of rotatable bonds is 6.